The number of nitro groups is 1. The third-order valence-corrected chi connectivity index (χ3v) is 4.95. The van der Waals surface area contributed by atoms with Crippen LogP contribution in [-0.4, -0.2) is 27.9 Å². The van der Waals surface area contributed by atoms with Gasteiger partial charge in [-0.25, -0.2) is 0 Å². The molecular weight excluding hydrogens is 412 g/mol. The van der Waals surface area contributed by atoms with Gasteiger partial charge in [-0.3, -0.25) is 19.9 Å². The molecule has 2 heterocycles. The van der Waals surface area contributed by atoms with Crippen LogP contribution < -0.4 is 14.8 Å². The highest BCUT2D eigenvalue weighted by molar-refractivity contribution is 6.07. The smallest absolute Gasteiger partial charge is 0.270 e. The maximum Gasteiger partial charge on any atom is 0.270 e. The summed E-state index contributed by atoms with van der Waals surface area (Å²) in [6.07, 6.45) is 4.95. The van der Waals surface area contributed by atoms with E-state index in [1.54, 1.807) is 43.9 Å². The molecule has 9 heteroatoms. The standard InChI is InChI=1S/C23H20N4O5/c1-31-22-10-16(2-5-21(22)32-14-15-6-8-24-9-7-15)12-26-23(28)19-13-25-20-4-3-17(27(29)30)11-18(19)20/h2-11,13,25H,12,14H2,1H3,(H,26,28). The lowest BCUT2D eigenvalue weighted by atomic mass is 10.1. The molecule has 2 aromatic carbocycles. The summed E-state index contributed by atoms with van der Waals surface area (Å²) < 4.78 is 11.3. The van der Waals surface area contributed by atoms with Crippen molar-refractivity contribution in [3.05, 3.63) is 93.9 Å². The molecule has 0 saturated heterocycles. The number of nitrogens with zero attached hydrogens (tertiary/aromatic N) is 2. The number of fused-ring (bicyclic) bond motifs is 1. The Balaban J connectivity index is 1.44. The number of nitrogens with one attached hydrogen (secondary N) is 2. The molecule has 32 heavy (non-hydrogen) atoms. The number of amides is 1. The zero-order valence-electron chi connectivity index (χ0n) is 17.2. The maximum absolute atomic E-state index is 12.7. The van der Waals surface area contributed by atoms with E-state index >= 15 is 0 Å². The summed E-state index contributed by atoms with van der Waals surface area (Å²) >= 11 is 0. The van der Waals surface area contributed by atoms with Crippen LogP contribution in [0.2, 0.25) is 0 Å². The van der Waals surface area contributed by atoms with Crippen molar-refractivity contribution in [3.63, 3.8) is 0 Å². The summed E-state index contributed by atoms with van der Waals surface area (Å²) in [7, 11) is 1.55. The molecule has 0 aliphatic carbocycles. The van der Waals surface area contributed by atoms with Gasteiger partial charge in [0.1, 0.15) is 6.61 Å². The number of methoxy groups -OCH3 is 1. The van der Waals surface area contributed by atoms with E-state index in [0.717, 1.165) is 11.1 Å². The summed E-state index contributed by atoms with van der Waals surface area (Å²) in [4.78, 5) is 30.2. The van der Waals surface area contributed by atoms with Crippen molar-refractivity contribution in [3.8, 4) is 11.5 Å². The lowest BCUT2D eigenvalue weighted by molar-refractivity contribution is -0.384. The number of aromatic amines is 1. The van der Waals surface area contributed by atoms with Gasteiger partial charge < -0.3 is 19.8 Å². The summed E-state index contributed by atoms with van der Waals surface area (Å²) in [5, 5.41) is 14.4. The van der Waals surface area contributed by atoms with Gasteiger partial charge in [-0.15, -0.1) is 0 Å². The Bertz CT molecular complexity index is 1270. The van der Waals surface area contributed by atoms with E-state index in [0.29, 0.717) is 34.6 Å². The zero-order chi connectivity index (χ0) is 22.5. The Morgan fingerprint density at radius 1 is 1.09 bits per heavy atom. The summed E-state index contributed by atoms with van der Waals surface area (Å²) in [6, 6.07) is 13.5. The van der Waals surface area contributed by atoms with Crippen LogP contribution in [0, 0.1) is 10.1 Å². The highest BCUT2D eigenvalue weighted by Crippen LogP contribution is 2.29. The normalized spacial score (nSPS) is 10.7. The van der Waals surface area contributed by atoms with Gasteiger partial charge in [0.05, 0.1) is 17.6 Å². The molecule has 0 fully saturated rings. The Morgan fingerprint density at radius 2 is 1.91 bits per heavy atom. The Hall–Kier alpha value is -4.40. The second-order valence-electron chi connectivity index (χ2n) is 7.00. The van der Waals surface area contributed by atoms with Crippen molar-refractivity contribution in [1.82, 2.24) is 15.3 Å². The minimum atomic E-state index is -0.487. The van der Waals surface area contributed by atoms with Gasteiger partial charge in [-0.1, -0.05) is 6.07 Å². The van der Waals surface area contributed by atoms with Crippen molar-refractivity contribution in [2.24, 2.45) is 0 Å². The minimum absolute atomic E-state index is 0.0711. The quantitative estimate of drug-likeness (QED) is 0.321. The van der Waals surface area contributed by atoms with Gasteiger partial charge >= 0.3 is 0 Å². The fraction of sp³-hybridized carbons (Fsp3) is 0.130. The number of aromatic nitrogens is 2. The number of H-pyrrole nitrogens is 1. The van der Waals surface area contributed by atoms with Crippen LogP contribution in [0.3, 0.4) is 0 Å². The Labute approximate surface area is 183 Å². The van der Waals surface area contributed by atoms with Gasteiger partial charge in [0, 0.05) is 48.2 Å². The van der Waals surface area contributed by atoms with E-state index in [1.807, 2.05) is 18.2 Å². The summed E-state index contributed by atoms with van der Waals surface area (Å²) in [5.41, 5.74) is 2.72. The van der Waals surface area contributed by atoms with Crippen LogP contribution in [-0.2, 0) is 13.2 Å². The van der Waals surface area contributed by atoms with Crippen molar-refractivity contribution in [2.75, 3.05) is 7.11 Å². The Kier molecular flexibility index (Phi) is 5.98. The lowest BCUT2D eigenvalue weighted by Crippen LogP contribution is -2.22. The van der Waals surface area contributed by atoms with E-state index in [9.17, 15) is 14.9 Å². The van der Waals surface area contributed by atoms with E-state index in [4.69, 9.17) is 9.47 Å². The van der Waals surface area contributed by atoms with Crippen LogP contribution in [0.5, 0.6) is 11.5 Å². The molecule has 9 nitrogen and oxygen atoms in total. The lowest BCUT2D eigenvalue weighted by Gasteiger charge is -2.13. The number of ether oxygens (including phenoxy) is 2. The van der Waals surface area contributed by atoms with Gasteiger partial charge in [0.2, 0.25) is 0 Å². The molecule has 0 radical (unpaired) electrons. The largest absolute Gasteiger partial charge is 0.493 e. The molecule has 1 amide bonds. The first-order chi connectivity index (χ1) is 15.5. The number of hydrogen-bond acceptors (Lipinski definition) is 6. The minimum Gasteiger partial charge on any atom is -0.493 e. The second kappa shape index (κ2) is 9.17. The highest BCUT2D eigenvalue weighted by Gasteiger charge is 2.16. The molecule has 162 valence electrons. The number of pyridine rings is 1. The average Bonchev–Trinajstić information content (AvgIpc) is 3.25. The van der Waals surface area contributed by atoms with E-state index in [-0.39, 0.29) is 18.1 Å². The number of hydrogen-bond donors (Lipinski definition) is 2. The van der Waals surface area contributed by atoms with Crippen molar-refractivity contribution in [2.45, 2.75) is 13.2 Å². The third kappa shape index (κ3) is 4.51. The molecular formula is C23H20N4O5. The number of rotatable bonds is 8. The summed E-state index contributed by atoms with van der Waals surface area (Å²) in [5.74, 6) is 0.797. The van der Waals surface area contributed by atoms with Gasteiger partial charge in [-0.05, 0) is 41.5 Å². The molecule has 4 aromatic rings. The molecule has 0 aliphatic rings. The Morgan fingerprint density at radius 3 is 2.66 bits per heavy atom. The highest BCUT2D eigenvalue weighted by atomic mass is 16.6. The van der Waals surface area contributed by atoms with Gasteiger partial charge in [0.25, 0.3) is 11.6 Å². The fourth-order valence-electron chi connectivity index (χ4n) is 3.27. The molecule has 0 bridgehead atoms. The van der Waals surface area contributed by atoms with Crippen LogP contribution >= 0.6 is 0 Å². The molecule has 4 rings (SSSR count). The van der Waals surface area contributed by atoms with E-state index in [2.05, 4.69) is 15.3 Å². The first-order valence-electron chi connectivity index (χ1n) is 9.77. The predicted molar refractivity (Wildman–Crippen MR) is 118 cm³/mol. The predicted octanol–water partition coefficient (Wildman–Crippen LogP) is 3.99. The molecule has 2 aromatic heterocycles. The average molecular weight is 432 g/mol. The molecule has 0 atom stereocenters. The number of benzene rings is 2. The van der Waals surface area contributed by atoms with Crippen LogP contribution in [0.4, 0.5) is 5.69 Å². The fourth-order valence-corrected chi connectivity index (χ4v) is 3.27. The maximum atomic E-state index is 12.7. The SMILES string of the molecule is COc1cc(CNC(=O)c2c[nH]c3ccc([N+](=O)[O-])cc23)ccc1OCc1ccncc1. The van der Waals surface area contributed by atoms with Crippen molar-refractivity contribution >= 4 is 22.5 Å². The van der Waals surface area contributed by atoms with E-state index < -0.39 is 4.92 Å². The van der Waals surface area contributed by atoms with Gasteiger partial charge in [0.15, 0.2) is 11.5 Å². The number of nitro benzene ring substituents is 1. The molecule has 0 saturated carbocycles. The van der Waals surface area contributed by atoms with Crippen LogP contribution in [0.1, 0.15) is 21.5 Å². The topological polar surface area (TPSA) is 119 Å². The molecule has 0 unspecified atom stereocenters. The number of carbonyl (C=O) groups excluding carboxylic acids is 1. The summed E-state index contributed by atoms with van der Waals surface area (Å²) in [6.45, 7) is 0.628. The van der Waals surface area contributed by atoms with Crippen LogP contribution in [0.25, 0.3) is 10.9 Å². The third-order valence-electron chi connectivity index (χ3n) is 4.95. The second-order valence-corrected chi connectivity index (χ2v) is 7.00. The number of non-ortho nitro benzene ring substituents is 1. The first-order valence-corrected chi connectivity index (χ1v) is 9.77. The van der Waals surface area contributed by atoms with Crippen molar-refractivity contribution < 1.29 is 19.2 Å². The molecule has 2 N–H and O–H groups in total. The monoisotopic (exact) mass is 432 g/mol. The van der Waals surface area contributed by atoms with Gasteiger partial charge in [-0.2, -0.15) is 0 Å². The van der Waals surface area contributed by atoms with Crippen molar-refractivity contribution in [1.29, 1.82) is 0 Å². The first kappa shape index (κ1) is 20.9. The zero-order valence-corrected chi connectivity index (χ0v) is 17.2. The van der Waals surface area contributed by atoms with E-state index in [1.165, 1.54) is 12.1 Å². The molecule has 0 aliphatic heterocycles. The molecule has 0 spiro atoms. The number of carbonyl (C=O) groups is 1. The van der Waals surface area contributed by atoms with Crippen LogP contribution in [0.15, 0.2) is 67.1 Å².